The summed E-state index contributed by atoms with van der Waals surface area (Å²) in [5, 5.41) is 23.6. The van der Waals surface area contributed by atoms with E-state index in [2.05, 4.69) is 16.3 Å². The number of imidazole rings is 1. The van der Waals surface area contributed by atoms with Crippen molar-refractivity contribution in [3.8, 4) is 11.2 Å². The van der Waals surface area contributed by atoms with E-state index in [4.69, 9.17) is 5.14 Å². The van der Waals surface area contributed by atoms with Crippen LogP contribution in [-0.4, -0.2) is 27.7 Å². The summed E-state index contributed by atoms with van der Waals surface area (Å²) in [6.45, 7) is 1.75. The molecule has 128 valence electrons. The highest BCUT2D eigenvalue weighted by atomic mass is 32.2. The second kappa shape index (κ2) is 4.98. The van der Waals surface area contributed by atoms with Crippen LogP contribution in [0.3, 0.4) is 0 Å². The molecular formula is C14H12N6O3S2. The van der Waals surface area contributed by atoms with Crippen LogP contribution < -0.4 is 10.8 Å². The van der Waals surface area contributed by atoms with Gasteiger partial charge >= 0.3 is 5.69 Å². The summed E-state index contributed by atoms with van der Waals surface area (Å²) in [6, 6.07) is 6.35. The number of aromatic nitrogens is 4. The molecule has 0 atom stereocenters. The molecule has 0 saturated heterocycles. The standard InChI is InChI=1S/C14H12N6O3S2/c1-8-17-18-12(24-8)19-11-6-9(25(16,22)23)2-3-10(11)20(13(19)21)14(7-15)4-5-14/h2-3,6H,4-5H2,1H3,(H2,16,22,23). The SMILES string of the molecule is Cc1nnc(-n2c(=O)n(C3(C#N)CC3)c3ccc(S(N)(=O)=O)cc32)s1. The van der Waals surface area contributed by atoms with Crippen molar-refractivity contribution in [1.82, 2.24) is 19.3 Å². The third-order valence-corrected chi connectivity index (χ3v) is 5.94. The molecule has 25 heavy (non-hydrogen) atoms. The molecule has 0 radical (unpaired) electrons. The van der Waals surface area contributed by atoms with E-state index >= 15 is 0 Å². The molecule has 1 saturated carbocycles. The van der Waals surface area contributed by atoms with E-state index in [1.807, 2.05) is 0 Å². The van der Waals surface area contributed by atoms with Crippen LogP contribution in [0.15, 0.2) is 27.9 Å². The molecule has 0 bridgehead atoms. The fraction of sp³-hybridized carbons (Fsp3) is 0.286. The molecule has 2 aromatic heterocycles. The molecule has 1 aliphatic carbocycles. The Bertz CT molecular complexity index is 1220. The summed E-state index contributed by atoms with van der Waals surface area (Å²) in [6.07, 6.45) is 1.13. The normalized spacial score (nSPS) is 16.0. The van der Waals surface area contributed by atoms with Gasteiger partial charge in [-0.05, 0) is 38.0 Å². The second-order valence-corrected chi connectivity index (χ2v) is 8.62. The van der Waals surface area contributed by atoms with Gasteiger partial charge in [0.25, 0.3) is 0 Å². The van der Waals surface area contributed by atoms with Gasteiger partial charge in [-0.1, -0.05) is 11.3 Å². The lowest BCUT2D eigenvalue weighted by atomic mass is 10.2. The molecular weight excluding hydrogens is 364 g/mol. The van der Waals surface area contributed by atoms with Crippen LogP contribution in [0.25, 0.3) is 16.2 Å². The summed E-state index contributed by atoms with van der Waals surface area (Å²) in [5.41, 5.74) is -0.557. The summed E-state index contributed by atoms with van der Waals surface area (Å²) < 4.78 is 26.1. The molecule has 0 spiro atoms. The molecule has 3 aromatic rings. The van der Waals surface area contributed by atoms with Gasteiger partial charge in [0.2, 0.25) is 15.2 Å². The molecule has 0 aliphatic heterocycles. The summed E-state index contributed by atoms with van der Waals surface area (Å²) in [5.74, 6) is 0. The molecule has 4 rings (SSSR count). The number of benzene rings is 1. The quantitative estimate of drug-likeness (QED) is 0.711. The maximum absolute atomic E-state index is 13.0. The van der Waals surface area contributed by atoms with E-state index in [0.717, 1.165) is 0 Å². The van der Waals surface area contributed by atoms with Crippen LogP contribution in [0.2, 0.25) is 0 Å². The lowest BCUT2D eigenvalue weighted by Gasteiger charge is -2.07. The molecule has 0 amide bonds. The molecule has 2 heterocycles. The van der Waals surface area contributed by atoms with Crippen molar-refractivity contribution in [2.45, 2.75) is 30.2 Å². The van der Waals surface area contributed by atoms with Crippen molar-refractivity contribution < 1.29 is 8.42 Å². The van der Waals surface area contributed by atoms with Crippen molar-refractivity contribution in [3.63, 3.8) is 0 Å². The van der Waals surface area contributed by atoms with E-state index in [1.165, 1.54) is 38.7 Å². The van der Waals surface area contributed by atoms with Crippen LogP contribution in [0, 0.1) is 18.3 Å². The third kappa shape index (κ3) is 2.30. The van der Waals surface area contributed by atoms with Crippen molar-refractivity contribution in [3.05, 3.63) is 33.7 Å². The van der Waals surface area contributed by atoms with Crippen molar-refractivity contribution in [2.24, 2.45) is 5.14 Å². The monoisotopic (exact) mass is 376 g/mol. The average Bonchev–Trinajstić information content (AvgIpc) is 3.13. The Morgan fingerprint density at radius 3 is 2.56 bits per heavy atom. The van der Waals surface area contributed by atoms with Crippen molar-refractivity contribution in [1.29, 1.82) is 5.26 Å². The minimum atomic E-state index is -3.94. The number of hydrogen-bond donors (Lipinski definition) is 1. The van der Waals surface area contributed by atoms with E-state index in [0.29, 0.717) is 34.0 Å². The van der Waals surface area contributed by atoms with E-state index in [-0.39, 0.29) is 4.90 Å². The number of sulfonamides is 1. The Hall–Kier alpha value is -2.55. The Balaban J connectivity index is 2.14. The minimum absolute atomic E-state index is 0.117. The van der Waals surface area contributed by atoms with E-state index in [1.54, 1.807) is 6.92 Å². The molecule has 9 nitrogen and oxygen atoms in total. The first-order chi connectivity index (χ1) is 11.8. The van der Waals surface area contributed by atoms with Crippen molar-refractivity contribution >= 4 is 32.4 Å². The third-order valence-electron chi connectivity index (χ3n) is 4.21. The fourth-order valence-corrected chi connectivity index (χ4v) is 4.06. The van der Waals surface area contributed by atoms with Crippen LogP contribution >= 0.6 is 11.3 Å². The Morgan fingerprint density at radius 1 is 1.32 bits per heavy atom. The zero-order chi connectivity index (χ0) is 18.0. The lowest BCUT2D eigenvalue weighted by molar-refractivity contribution is 0.597. The average molecular weight is 376 g/mol. The van der Waals surface area contributed by atoms with Gasteiger partial charge < -0.3 is 0 Å². The predicted molar refractivity (Wildman–Crippen MR) is 89.9 cm³/mol. The largest absolute Gasteiger partial charge is 0.336 e. The summed E-state index contributed by atoms with van der Waals surface area (Å²) >= 11 is 1.20. The van der Waals surface area contributed by atoms with Gasteiger partial charge in [-0.15, -0.1) is 10.2 Å². The second-order valence-electron chi connectivity index (χ2n) is 5.90. The van der Waals surface area contributed by atoms with Crippen molar-refractivity contribution in [2.75, 3.05) is 0 Å². The van der Waals surface area contributed by atoms with Gasteiger partial charge in [-0.3, -0.25) is 4.57 Å². The van der Waals surface area contributed by atoms with Gasteiger partial charge in [0, 0.05) is 0 Å². The number of nitrogens with two attached hydrogens (primary N) is 1. The maximum Gasteiger partial charge on any atom is 0.336 e. The van der Waals surface area contributed by atoms with Gasteiger partial charge in [-0.25, -0.2) is 22.9 Å². The molecule has 1 aromatic carbocycles. The highest BCUT2D eigenvalue weighted by Gasteiger charge is 2.48. The number of nitriles is 1. The van der Waals surface area contributed by atoms with Crippen LogP contribution in [-0.2, 0) is 15.6 Å². The van der Waals surface area contributed by atoms with Gasteiger partial charge in [-0.2, -0.15) is 5.26 Å². The topological polar surface area (TPSA) is 137 Å². The lowest BCUT2D eigenvalue weighted by Crippen LogP contribution is -2.30. The maximum atomic E-state index is 13.0. The molecule has 11 heteroatoms. The van der Waals surface area contributed by atoms with E-state index in [9.17, 15) is 18.5 Å². The first-order valence-corrected chi connectivity index (χ1v) is 9.66. The fourth-order valence-electron chi connectivity index (χ4n) is 2.83. The summed E-state index contributed by atoms with van der Waals surface area (Å²) in [4.78, 5) is 12.9. The summed E-state index contributed by atoms with van der Waals surface area (Å²) in [7, 11) is -3.94. The van der Waals surface area contributed by atoms with Gasteiger partial charge in [0.05, 0.1) is 22.0 Å². The Labute approximate surface area is 146 Å². The zero-order valence-electron chi connectivity index (χ0n) is 13.0. The number of fused-ring (bicyclic) bond motifs is 1. The zero-order valence-corrected chi connectivity index (χ0v) is 14.6. The minimum Gasteiger partial charge on any atom is -0.272 e. The molecule has 1 aliphatic rings. The smallest absolute Gasteiger partial charge is 0.272 e. The number of nitrogens with zero attached hydrogens (tertiary/aromatic N) is 5. The number of aryl methyl sites for hydroxylation is 1. The number of hydrogen-bond acceptors (Lipinski definition) is 7. The highest BCUT2D eigenvalue weighted by molar-refractivity contribution is 7.89. The predicted octanol–water partition coefficient (Wildman–Crippen LogP) is 0.612. The number of rotatable bonds is 3. The Kier molecular flexibility index (Phi) is 3.18. The van der Waals surface area contributed by atoms with Crippen LogP contribution in [0.5, 0.6) is 0 Å². The van der Waals surface area contributed by atoms with Crippen LogP contribution in [0.4, 0.5) is 0 Å². The molecule has 2 N–H and O–H groups in total. The Morgan fingerprint density at radius 2 is 2.04 bits per heavy atom. The molecule has 0 unspecified atom stereocenters. The number of primary sulfonamides is 1. The highest BCUT2D eigenvalue weighted by Crippen LogP contribution is 2.44. The van der Waals surface area contributed by atoms with Gasteiger partial charge in [0.15, 0.2) is 0 Å². The first-order valence-electron chi connectivity index (χ1n) is 7.29. The first kappa shape index (κ1) is 15.9. The molecule has 1 fully saturated rings. The van der Waals surface area contributed by atoms with Crippen LogP contribution in [0.1, 0.15) is 17.8 Å². The van der Waals surface area contributed by atoms with Gasteiger partial charge in [0.1, 0.15) is 10.5 Å². The van der Waals surface area contributed by atoms with E-state index < -0.39 is 21.3 Å².